The van der Waals surface area contributed by atoms with Crippen LogP contribution in [0.25, 0.3) is 11.0 Å². The normalized spacial score (nSPS) is 18.9. The lowest BCUT2D eigenvalue weighted by molar-refractivity contribution is 0.145. The largest absolute Gasteiger partial charge is 0.495 e. The van der Waals surface area contributed by atoms with Gasteiger partial charge in [0.1, 0.15) is 17.1 Å². The third-order valence-corrected chi connectivity index (χ3v) is 7.35. The number of hydrogen-bond acceptors (Lipinski definition) is 6. The summed E-state index contributed by atoms with van der Waals surface area (Å²) in [4.78, 5) is 17.4. The highest BCUT2D eigenvalue weighted by Crippen LogP contribution is 2.29. The Morgan fingerprint density at radius 2 is 1.76 bits per heavy atom. The van der Waals surface area contributed by atoms with E-state index in [0.29, 0.717) is 12.2 Å². The molecule has 6 nitrogen and oxygen atoms in total. The molecule has 2 aliphatic carbocycles. The van der Waals surface area contributed by atoms with Crippen molar-refractivity contribution in [1.29, 1.82) is 0 Å². The first-order chi connectivity index (χ1) is 16.7. The van der Waals surface area contributed by atoms with Gasteiger partial charge in [-0.1, -0.05) is 6.08 Å². The second kappa shape index (κ2) is 10.7. The zero-order chi connectivity index (χ0) is 23.3. The molecule has 0 unspecified atom stereocenters. The highest BCUT2D eigenvalue weighted by molar-refractivity contribution is 5.82. The molecule has 0 amide bonds. The number of allylic oxidation sites excluding steroid dienone is 2. The van der Waals surface area contributed by atoms with Gasteiger partial charge in [-0.05, 0) is 81.7 Å². The van der Waals surface area contributed by atoms with Gasteiger partial charge in [0.05, 0.1) is 19.4 Å². The van der Waals surface area contributed by atoms with Gasteiger partial charge >= 0.3 is 5.63 Å². The molecule has 0 N–H and O–H groups in total. The van der Waals surface area contributed by atoms with Crippen LogP contribution in [0.1, 0.15) is 49.7 Å². The molecule has 0 bridgehead atoms. The first-order valence-electron chi connectivity index (χ1n) is 12.9. The SMILES string of the molecule is COC1=CCCC=C1N1CCN(CCCCOc2ccc3c4c(c(=O)oc3c2)CCCC4)CC1. The average Bonchev–Trinajstić information content (AvgIpc) is 2.89. The van der Waals surface area contributed by atoms with E-state index >= 15 is 0 Å². The van der Waals surface area contributed by atoms with E-state index in [1.807, 2.05) is 12.1 Å². The van der Waals surface area contributed by atoms with Gasteiger partial charge in [-0.15, -0.1) is 0 Å². The molecule has 1 aromatic carbocycles. The molecule has 5 rings (SSSR count). The molecule has 6 heteroatoms. The Morgan fingerprint density at radius 3 is 2.59 bits per heavy atom. The molecule has 1 fully saturated rings. The van der Waals surface area contributed by atoms with Gasteiger partial charge in [0, 0.05) is 43.2 Å². The maximum atomic E-state index is 12.4. The predicted molar refractivity (Wildman–Crippen MR) is 134 cm³/mol. The summed E-state index contributed by atoms with van der Waals surface area (Å²) in [5.41, 5.74) is 3.81. The molecular weight excluding hydrogens is 428 g/mol. The van der Waals surface area contributed by atoms with E-state index in [9.17, 15) is 4.79 Å². The van der Waals surface area contributed by atoms with Crippen molar-refractivity contribution in [2.24, 2.45) is 0 Å². The Balaban J connectivity index is 1.06. The van der Waals surface area contributed by atoms with Crippen molar-refractivity contribution < 1.29 is 13.9 Å². The van der Waals surface area contributed by atoms with Crippen molar-refractivity contribution in [3.05, 3.63) is 63.4 Å². The molecule has 3 aliphatic rings. The first-order valence-corrected chi connectivity index (χ1v) is 12.9. The van der Waals surface area contributed by atoms with Gasteiger partial charge in [-0.25, -0.2) is 4.79 Å². The van der Waals surface area contributed by atoms with Crippen molar-refractivity contribution in [1.82, 2.24) is 9.80 Å². The molecule has 1 aromatic heterocycles. The number of methoxy groups -OCH3 is 1. The highest BCUT2D eigenvalue weighted by Gasteiger charge is 2.22. The Morgan fingerprint density at radius 1 is 0.971 bits per heavy atom. The Bertz CT molecular complexity index is 1130. The Labute approximate surface area is 201 Å². The molecule has 2 aromatic rings. The van der Waals surface area contributed by atoms with Gasteiger partial charge in [-0.3, -0.25) is 4.90 Å². The Hall–Kier alpha value is -2.73. The topological polar surface area (TPSA) is 55.2 Å². The van der Waals surface area contributed by atoms with Crippen LogP contribution in [0.3, 0.4) is 0 Å². The second-order valence-electron chi connectivity index (χ2n) is 9.54. The zero-order valence-corrected chi connectivity index (χ0v) is 20.3. The van der Waals surface area contributed by atoms with Crippen LogP contribution in [0.15, 0.2) is 51.0 Å². The number of unbranched alkanes of at least 4 members (excludes halogenated alkanes) is 1. The number of benzene rings is 1. The zero-order valence-electron chi connectivity index (χ0n) is 20.3. The fraction of sp³-hybridized carbons (Fsp3) is 0.536. The minimum atomic E-state index is -0.173. The molecular formula is C28H36N2O4. The number of fused-ring (bicyclic) bond motifs is 3. The van der Waals surface area contributed by atoms with Crippen molar-refractivity contribution in [2.75, 3.05) is 46.4 Å². The summed E-state index contributed by atoms with van der Waals surface area (Å²) in [5, 5.41) is 1.07. The quantitative estimate of drug-likeness (QED) is 0.419. The summed E-state index contributed by atoms with van der Waals surface area (Å²) < 4.78 is 17.2. The number of aryl methyl sites for hydroxylation is 1. The summed E-state index contributed by atoms with van der Waals surface area (Å²) >= 11 is 0. The van der Waals surface area contributed by atoms with Crippen LogP contribution in [0, 0.1) is 0 Å². The Kier molecular flexibility index (Phi) is 7.24. The third-order valence-electron chi connectivity index (χ3n) is 7.35. The first kappa shape index (κ1) is 23.0. The molecule has 1 aliphatic heterocycles. The second-order valence-corrected chi connectivity index (χ2v) is 9.54. The summed E-state index contributed by atoms with van der Waals surface area (Å²) in [6.07, 6.45) is 12.8. The number of piperazine rings is 1. The predicted octanol–water partition coefficient (Wildman–Crippen LogP) is 4.66. The van der Waals surface area contributed by atoms with Gasteiger partial charge in [0.25, 0.3) is 0 Å². The molecule has 0 atom stereocenters. The average molecular weight is 465 g/mol. The lowest BCUT2D eigenvalue weighted by Crippen LogP contribution is -2.46. The van der Waals surface area contributed by atoms with Crippen LogP contribution in [0.2, 0.25) is 0 Å². The van der Waals surface area contributed by atoms with Crippen LogP contribution in [0.4, 0.5) is 0 Å². The van der Waals surface area contributed by atoms with Crippen molar-refractivity contribution >= 4 is 11.0 Å². The van der Waals surface area contributed by atoms with E-state index < -0.39 is 0 Å². The van der Waals surface area contributed by atoms with Crippen molar-refractivity contribution in [3.8, 4) is 5.75 Å². The van der Waals surface area contributed by atoms with Gasteiger partial charge in [0.15, 0.2) is 0 Å². The van der Waals surface area contributed by atoms with Crippen LogP contribution < -0.4 is 10.4 Å². The van der Waals surface area contributed by atoms with Crippen molar-refractivity contribution in [3.63, 3.8) is 0 Å². The fourth-order valence-electron chi connectivity index (χ4n) is 5.47. The van der Waals surface area contributed by atoms with E-state index in [1.165, 1.54) is 11.3 Å². The van der Waals surface area contributed by atoms with Crippen LogP contribution in [-0.4, -0.2) is 56.2 Å². The summed E-state index contributed by atoms with van der Waals surface area (Å²) in [6.45, 7) is 6.05. The van der Waals surface area contributed by atoms with Crippen LogP contribution >= 0.6 is 0 Å². The van der Waals surface area contributed by atoms with Gasteiger partial charge in [-0.2, -0.15) is 0 Å². The molecule has 0 spiro atoms. The van der Waals surface area contributed by atoms with Crippen molar-refractivity contribution in [2.45, 2.75) is 51.4 Å². The van der Waals surface area contributed by atoms with E-state index in [-0.39, 0.29) is 5.63 Å². The molecule has 0 radical (unpaired) electrons. The maximum Gasteiger partial charge on any atom is 0.339 e. The smallest absolute Gasteiger partial charge is 0.339 e. The van der Waals surface area contributed by atoms with E-state index in [2.05, 4.69) is 28.0 Å². The maximum absolute atomic E-state index is 12.4. The number of hydrogen-bond donors (Lipinski definition) is 0. The highest BCUT2D eigenvalue weighted by atomic mass is 16.5. The monoisotopic (exact) mass is 464 g/mol. The summed E-state index contributed by atoms with van der Waals surface area (Å²) in [5.74, 6) is 1.81. The summed E-state index contributed by atoms with van der Waals surface area (Å²) in [6, 6.07) is 5.95. The van der Waals surface area contributed by atoms with E-state index in [4.69, 9.17) is 13.9 Å². The number of ether oxygens (including phenoxy) is 2. The van der Waals surface area contributed by atoms with Gasteiger partial charge < -0.3 is 18.8 Å². The standard InChI is InChI=1S/C28H36N2O4/c1-32-26-11-5-4-10-25(26)30-17-15-29(16-18-30)14-6-7-19-33-21-12-13-23-22-8-2-3-9-24(22)28(31)34-27(23)20-21/h10-13,20H,2-9,14-19H2,1H3. The van der Waals surface area contributed by atoms with E-state index in [0.717, 1.165) is 107 Å². The fourth-order valence-corrected chi connectivity index (χ4v) is 5.47. The van der Waals surface area contributed by atoms with Crippen LogP contribution in [0.5, 0.6) is 5.75 Å². The van der Waals surface area contributed by atoms with E-state index in [1.54, 1.807) is 7.11 Å². The van der Waals surface area contributed by atoms with Gasteiger partial charge in [0.2, 0.25) is 0 Å². The molecule has 2 heterocycles. The minimum Gasteiger partial charge on any atom is -0.495 e. The number of rotatable bonds is 8. The third kappa shape index (κ3) is 5.02. The number of nitrogens with zero attached hydrogens (tertiary/aromatic N) is 2. The van der Waals surface area contributed by atoms with Crippen LogP contribution in [-0.2, 0) is 17.6 Å². The molecule has 34 heavy (non-hydrogen) atoms. The summed E-state index contributed by atoms with van der Waals surface area (Å²) in [7, 11) is 1.77. The minimum absolute atomic E-state index is 0.173. The molecule has 1 saturated heterocycles. The lowest BCUT2D eigenvalue weighted by atomic mass is 9.91. The molecule has 182 valence electrons. The molecule has 0 saturated carbocycles. The lowest BCUT2D eigenvalue weighted by Gasteiger charge is -2.38.